The van der Waals surface area contributed by atoms with Crippen molar-refractivity contribution < 1.29 is 14.5 Å². The number of hydrogen-bond acceptors (Lipinski definition) is 4. The molecule has 0 amide bonds. The minimum atomic E-state index is -0.712. The highest BCUT2D eigenvalue weighted by Gasteiger charge is 2.21. The molecule has 2 rings (SSSR count). The number of rotatable bonds is 6. The number of benzene rings is 2. The highest BCUT2D eigenvalue weighted by Crippen LogP contribution is 2.24. The number of unbranched alkanes of at least 4 members (excludes halogenated alkanes) is 1. The fraction of sp³-hybridized carbons (Fsp3) is 0.235. The van der Waals surface area contributed by atoms with Crippen molar-refractivity contribution in [3.63, 3.8) is 0 Å². The normalized spacial score (nSPS) is 10.2. The van der Waals surface area contributed by atoms with Gasteiger partial charge in [0.1, 0.15) is 11.3 Å². The first-order valence-electron chi connectivity index (χ1n) is 7.17. The van der Waals surface area contributed by atoms with E-state index in [1.54, 1.807) is 18.2 Å². The van der Waals surface area contributed by atoms with Gasteiger partial charge in [-0.05, 0) is 30.5 Å². The third kappa shape index (κ3) is 3.69. The molecule has 0 heterocycles. The van der Waals surface area contributed by atoms with Gasteiger partial charge in [-0.1, -0.05) is 43.7 Å². The zero-order valence-electron chi connectivity index (χ0n) is 12.3. The van der Waals surface area contributed by atoms with Gasteiger partial charge in [0.2, 0.25) is 0 Å². The van der Waals surface area contributed by atoms with Gasteiger partial charge in [0.15, 0.2) is 0 Å². The molecule has 0 saturated heterocycles. The van der Waals surface area contributed by atoms with Crippen molar-refractivity contribution in [3.05, 3.63) is 69.8 Å². The highest BCUT2D eigenvalue weighted by atomic mass is 16.6. The van der Waals surface area contributed by atoms with Crippen LogP contribution in [0.15, 0.2) is 48.5 Å². The van der Waals surface area contributed by atoms with Gasteiger partial charge in [0.25, 0.3) is 5.69 Å². The Morgan fingerprint density at radius 3 is 2.55 bits per heavy atom. The van der Waals surface area contributed by atoms with Crippen LogP contribution in [0.5, 0.6) is 5.75 Å². The van der Waals surface area contributed by atoms with Crippen molar-refractivity contribution in [3.8, 4) is 5.75 Å². The number of nitro benzene ring substituents is 1. The molecular weight excluding hydrogens is 282 g/mol. The van der Waals surface area contributed by atoms with Gasteiger partial charge in [-0.2, -0.15) is 0 Å². The molecule has 2 aromatic carbocycles. The lowest BCUT2D eigenvalue weighted by atomic mass is 10.1. The molecule has 0 aliphatic carbocycles. The molecular formula is C17H17NO4. The molecule has 2 aromatic rings. The molecule has 0 aliphatic rings. The lowest BCUT2D eigenvalue weighted by Gasteiger charge is -2.09. The summed E-state index contributed by atoms with van der Waals surface area (Å²) < 4.78 is 5.38. The molecule has 0 radical (unpaired) electrons. The van der Waals surface area contributed by atoms with Gasteiger partial charge in [-0.15, -0.1) is 0 Å². The van der Waals surface area contributed by atoms with Crippen molar-refractivity contribution in [2.45, 2.75) is 26.2 Å². The van der Waals surface area contributed by atoms with Crippen LogP contribution in [0, 0.1) is 10.1 Å². The summed E-state index contributed by atoms with van der Waals surface area (Å²) in [6.45, 7) is 2.09. The van der Waals surface area contributed by atoms with Gasteiger partial charge in [0, 0.05) is 6.07 Å². The minimum absolute atomic E-state index is 0.0437. The van der Waals surface area contributed by atoms with Crippen molar-refractivity contribution in [2.75, 3.05) is 0 Å². The summed E-state index contributed by atoms with van der Waals surface area (Å²) in [5.41, 5.74) is 0.632. The molecule has 0 spiro atoms. The Balaban J connectivity index is 2.25. The zero-order chi connectivity index (χ0) is 15.9. The van der Waals surface area contributed by atoms with Crippen LogP contribution in [0.3, 0.4) is 0 Å². The minimum Gasteiger partial charge on any atom is -0.422 e. The topological polar surface area (TPSA) is 69.4 Å². The molecule has 22 heavy (non-hydrogen) atoms. The number of carbonyl (C=O) groups excluding carboxylic acids is 1. The maximum atomic E-state index is 12.2. The average Bonchev–Trinajstić information content (AvgIpc) is 2.54. The summed E-state index contributed by atoms with van der Waals surface area (Å²) in [6, 6.07) is 13.0. The smallest absolute Gasteiger partial charge is 0.350 e. The summed E-state index contributed by atoms with van der Waals surface area (Å²) in [4.78, 5) is 22.6. The first-order chi connectivity index (χ1) is 10.6. The lowest BCUT2D eigenvalue weighted by molar-refractivity contribution is -0.385. The molecule has 0 fully saturated rings. The van der Waals surface area contributed by atoms with E-state index in [1.807, 2.05) is 12.1 Å². The number of carbonyl (C=O) groups is 1. The SMILES string of the molecule is CCCCc1ccccc1OC(=O)c1ccccc1[N+](=O)[O-]. The summed E-state index contributed by atoms with van der Waals surface area (Å²) in [7, 11) is 0. The summed E-state index contributed by atoms with van der Waals surface area (Å²) >= 11 is 0. The average molecular weight is 299 g/mol. The number of nitro groups is 1. The Bertz CT molecular complexity index is 682. The van der Waals surface area contributed by atoms with E-state index in [0.717, 1.165) is 24.8 Å². The predicted molar refractivity (Wildman–Crippen MR) is 83.1 cm³/mol. The predicted octanol–water partition coefficient (Wildman–Crippen LogP) is 4.16. The molecule has 0 N–H and O–H groups in total. The molecule has 5 heteroatoms. The second-order valence-electron chi connectivity index (χ2n) is 4.88. The van der Waals surface area contributed by atoms with E-state index in [-0.39, 0.29) is 11.3 Å². The molecule has 0 atom stereocenters. The second-order valence-corrected chi connectivity index (χ2v) is 4.88. The third-order valence-electron chi connectivity index (χ3n) is 3.30. The van der Waals surface area contributed by atoms with Crippen LogP contribution in [0.4, 0.5) is 5.69 Å². The van der Waals surface area contributed by atoms with Crippen LogP contribution in [0.25, 0.3) is 0 Å². The van der Waals surface area contributed by atoms with E-state index >= 15 is 0 Å². The van der Waals surface area contributed by atoms with Gasteiger partial charge >= 0.3 is 5.97 Å². The number of nitrogens with zero attached hydrogens (tertiary/aromatic N) is 1. The molecule has 0 aliphatic heterocycles. The molecule has 0 saturated carbocycles. The van der Waals surface area contributed by atoms with Crippen LogP contribution in [-0.4, -0.2) is 10.9 Å². The van der Waals surface area contributed by atoms with Gasteiger partial charge in [-0.3, -0.25) is 10.1 Å². The molecule has 0 bridgehead atoms. The molecule has 0 aromatic heterocycles. The third-order valence-corrected chi connectivity index (χ3v) is 3.30. The van der Waals surface area contributed by atoms with Crippen LogP contribution in [-0.2, 0) is 6.42 Å². The van der Waals surface area contributed by atoms with E-state index < -0.39 is 10.9 Å². The Labute approximate surface area is 128 Å². The van der Waals surface area contributed by atoms with Crippen LogP contribution in [0.1, 0.15) is 35.7 Å². The zero-order valence-corrected chi connectivity index (χ0v) is 12.3. The summed E-state index contributed by atoms with van der Waals surface area (Å²) in [5, 5.41) is 11.0. The Kier molecular flexibility index (Phi) is 5.25. The molecule has 114 valence electrons. The van der Waals surface area contributed by atoms with E-state index in [2.05, 4.69) is 6.92 Å². The number of para-hydroxylation sites is 2. The fourth-order valence-electron chi connectivity index (χ4n) is 2.14. The number of aryl methyl sites for hydroxylation is 1. The van der Waals surface area contributed by atoms with Crippen molar-refractivity contribution >= 4 is 11.7 Å². The van der Waals surface area contributed by atoms with Crippen LogP contribution < -0.4 is 4.74 Å². The van der Waals surface area contributed by atoms with Crippen molar-refractivity contribution in [1.82, 2.24) is 0 Å². The summed E-state index contributed by atoms with van der Waals surface area (Å²) in [5.74, 6) is -0.254. The Morgan fingerprint density at radius 2 is 1.82 bits per heavy atom. The van der Waals surface area contributed by atoms with Gasteiger partial charge < -0.3 is 4.74 Å². The first kappa shape index (κ1) is 15.7. The molecule has 5 nitrogen and oxygen atoms in total. The first-order valence-corrected chi connectivity index (χ1v) is 7.17. The van der Waals surface area contributed by atoms with Crippen LogP contribution in [0.2, 0.25) is 0 Å². The maximum Gasteiger partial charge on any atom is 0.350 e. The largest absolute Gasteiger partial charge is 0.422 e. The van der Waals surface area contributed by atoms with Crippen molar-refractivity contribution in [2.24, 2.45) is 0 Å². The lowest BCUT2D eigenvalue weighted by Crippen LogP contribution is -2.12. The van der Waals surface area contributed by atoms with Crippen molar-refractivity contribution in [1.29, 1.82) is 0 Å². The monoisotopic (exact) mass is 299 g/mol. The quantitative estimate of drug-likeness (QED) is 0.347. The number of esters is 1. The van der Waals surface area contributed by atoms with Gasteiger partial charge in [-0.25, -0.2) is 4.79 Å². The van der Waals surface area contributed by atoms with E-state index in [4.69, 9.17) is 4.74 Å². The molecule has 0 unspecified atom stereocenters. The van der Waals surface area contributed by atoms with E-state index in [1.165, 1.54) is 18.2 Å². The second kappa shape index (κ2) is 7.36. The number of hydrogen-bond donors (Lipinski definition) is 0. The fourth-order valence-corrected chi connectivity index (χ4v) is 2.14. The van der Waals surface area contributed by atoms with Crippen LogP contribution >= 0.6 is 0 Å². The van der Waals surface area contributed by atoms with Gasteiger partial charge in [0.05, 0.1) is 4.92 Å². The Hall–Kier alpha value is -2.69. The summed E-state index contributed by atoms with van der Waals surface area (Å²) in [6.07, 6.45) is 2.82. The Morgan fingerprint density at radius 1 is 1.14 bits per heavy atom. The standard InChI is InChI=1S/C17H17NO4/c1-2-3-8-13-9-4-7-12-16(13)22-17(19)14-10-5-6-11-15(14)18(20)21/h4-7,9-12H,2-3,8H2,1H3. The van der Waals surface area contributed by atoms with E-state index in [9.17, 15) is 14.9 Å². The maximum absolute atomic E-state index is 12.2. The van der Waals surface area contributed by atoms with E-state index in [0.29, 0.717) is 5.75 Å². The number of ether oxygens (including phenoxy) is 1. The highest BCUT2D eigenvalue weighted by molar-refractivity contribution is 5.95.